The second kappa shape index (κ2) is 6.14. The summed E-state index contributed by atoms with van der Waals surface area (Å²) < 4.78 is 0. The van der Waals surface area contributed by atoms with Gasteiger partial charge in [0.05, 0.1) is 0 Å². The van der Waals surface area contributed by atoms with Crippen LogP contribution in [0.25, 0.3) is 0 Å². The molecule has 0 unspecified atom stereocenters. The SMILES string of the molecule is C\C=C/C=C\C=C(/C)NC. The maximum absolute atomic E-state index is 3.03. The van der Waals surface area contributed by atoms with E-state index in [1.165, 1.54) is 5.70 Å². The second-order valence-corrected chi connectivity index (χ2v) is 2.01. The number of hydrogen-bond acceptors (Lipinski definition) is 1. The first-order valence-electron chi connectivity index (χ1n) is 3.45. The maximum Gasteiger partial charge on any atom is 0.00724 e. The van der Waals surface area contributed by atoms with Gasteiger partial charge in [-0.1, -0.05) is 24.3 Å². The van der Waals surface area contributed by atoms with Gasteiger partial charge in [0.25, 0.3) is 0 Å². The lowest BCUT2D eigenvalue weighted by molar-refractivity contribution is 0.990. The van der Waals surface area contributed by atoms with Crippen LogP contribution in [0.2, 0.25) is 0 Å². The van der Waals surface area contributed by atoms with Crippen LogP contribution in [0.5, 0.6) is 0 Å². The maximum atomic E-state index is 3.03. The molecule has 0 radical (unpaired) electrons. The Morgan fingerprint density at radius 1 is 1.20 bits per heavy atom. The molecule has 0 spiro atoms. The molecule has 0 aliphatic heterocycles. The van der Waals surface area contributed by atoms with Crippen molar-refractivity contribution in [2.45, 2.75) is 13.8 Å². The third-order valence-electron chi connectivity index (χ3n) is 1.16. The van der Waals surface area contributed by atoms with Gasteiger partial charge in [0.1, 0.15) is 0 Å². The van der Waals surface area contributed by atoms with E-state index in [0.29, 0.717) is 0 Å². The van der Waals surface area contributed by atoms with Crippen LogP contribution >= 0.6 is 0 Å². The normalized spacial score (nSPS) is 13.3. The lowest BCUT2D eigenvalue weighted by atomic mass is 10.4. The van der Waals surface area contributed by atoms with Crippen LogP contribution in [0.4, 0.5) is 0 Å². The smallest absolute Gasteiger partial charge is 0.00724 e. The number of hydrogen-bond donors (Lipinski definition) is 1. The minimum Gasteiger partial charge on any atom is -0.392 e. The molecule has 1 heteroatoms. The molecule has 0 rings (SSSR count). The lowest BCUT2D eigenvalue weighted by Gasteiger charge is -1.92. The summed E-state index contributed by atoms with van der Waals surface area (Å²) >= 11 is 0. The van der Waals surface area contributed by atoms with Gasteiger partial charge in [0.15, 0.2) is 0 Å². The van der Waals surface area contributed by atoms with Crippen molar-refractivity contribution in [2.24, 2.45) is 0 Å². The highest BCUT2D eigenvalue weighted by Gasteiger charge is 1.73. The van der Waals surface area contributed by atoms with Crippen molar-refractivity contribution < 1.29 is 0 Å². The van der Waals surface area contributed by atoms with Crippen molar-refractivity contribution in [1.29, 1.82) is 0 Å². The van der Waals surface area contributed by atoms with E-state index in [4.69, 9.17) is 0 Å². The van der Waals surface area contributed by atoms with Crippen LogP contribution < -0.4 is 5.32 Å². The first kappa shape index (κ1) is 9.02. The highest BCUT2D eigenvalue weighted by atomic mass is 14.8. The standard InChI is InChI=1S/C9H15N/c1-4-5-6-7-8-9(2)10-3/h4-8,10H,1-3H3/b5-4-,7-6-,9-8+. The average Bonchev–Trinajstić information content (AvgIpc) is 1.98. The molecule has 0 saturated carbocycles. The second-order valence-electron chi connectivity index (χ2n) is 2.01. The van der Waals surface area contributed by atoms with Crippen molar-refractivity contribution in [3.63, 3.8) is 0 Å². The Balaban J connectivity index is 3.70. The molecule has 10 heavy (non-hydrogen) atoms. The molecule has 0 bridgehead atoms. The molecule has 0 saturated heterocycles. The van der Waals surface area contributed by atoms with Gasteiger partial charge in [-0.05, 0) is 19.9 Å². The molecular weight excluding hydrogens is 122 g/mol. The average molecular weight is 137 g/mol. The molecule has 0 aromatic heterocycles. The topological polar surface area (TPSA) is 12.0 Å². The number of allylic oxidation sites excluding steroid dienone is 6. The predicted octanol–water partition coefficient (Wildman–Crippen LogP) is 2.24. The third kappa shape index (κ3) is 5.16. The van der Waals surface area contributed by atoms with Crippen molar-refractivity contribution in [3.05, 3.63) is 36.1 Å². The van der Waals surface area contributed by atoms with Crippen molar-refractivity contribution in [3.8, 4) is 0 Å². The Labute approximate surface area is 63.1 Å². The minimum absolute atomic E-state index is 1.17. The Morgan fingerprint density at radius 3 is 2.40 bits per heavy atom. The number of nitrogens with one attached hydrogen (secondary N) is 1. The fourth-order valence-corrected chi connectivity index (χ4v) is 0.458. The summed E-state index contributed by atoms with van der Waals surface area (Å²) in [5.74, 6) is 0. The summed E-state index contributed by atoms with van der Waals surface area (Å²) in [6, 6.07) is 0. The fourth-order valence-electron chi connectivity index (χ4n) is 0.458. The van der Waals surface area contributed by atoms with Crippen LogP contribution in [0.3, 0.4) is 0 Å². The summed E-state index contributed by atoms with van der Waals surface area (Å²) in [6.45, 7) is 4.03. The van der Waals surface area contributed by atoms with Crippen molar-refractivity contribution >= 4 is 0 Å². The van der Waals surface area contributed by atoms with Crippen LogP contribution in [-0.2, 0) is 0 Å². The van der Waals surface area contributed by atoms with E-state index in [9.17, 15) is 0 Å². The molecule has 1 nitrogen and oxygen atoms in total. The Kier molecular flexibility index (Phi) is 5.54. The first-order chi connectivity index (χ1) is 4.81. The van der Waals surface area contributed by atoms with Crippen LogP contribution in [-0.4, -0.2) is 7.05 Å². The molecule has 0 aromatic rings. The molecule has 1 N–H and O–H groups in total. The van der Waals surface area contributed by atoms with Crippen LogP contribution in [0.1, 0.15) is 13.8 Å². The Bertz CT molecular complexity index is 152. The monoisotopic (exact) mass is 137 g/mol. The van der Waals surface area contributed by atoms with Gasteiger partial charge in [-0.2, -0.15) is 0 Å². The molecule has 0 aliphatic carbocycles. The van der Waals surface area contributed by atoms with Gasteiger partial charge >= 0.3 is 0 Å². The zero-order valence-corrected chi connectivity index (χ0v) is 6.89. The molecule has 0 aromatic carbocycles. The summed E-state index contributed by atoms with van der Waals surface area (Å²) in [4.78, 5) is 0. The highest BCUT2D eigenvalue weighted by Crippen LogP contribution is 1.85. The third-order valence-corrected chi connectivity index (χ3v) is 1.16. The molecule has 0 amide bonds. The van der Waals surface area contributed by atoms with E-state index in [1.807, 2.05) is 51.3 Å². The number of rotatable bonds is 3. The van der Waals surface area contributed by atoms with E-state index in [0.717, 1.165) is 0 Å². The lowest BCUT2D eigenvalue weighted by Crippen LogP contribution is -2.00. The molecule has 0 atom stereocenters. The highest BCUT2D eigenvalue weighted by molar-refractivity contribution is 5.13. The Hall–Kier alpha value is -0.980. The van der Waals surface area contributed by atoms with E-state index in [1.54, 1.807) is 0 Å². The summed E-state index contributed by atoms with van der Waals surface area (Å²) in [5, 5.41) is 3.03. The molecule has 56 valence electrons. The van der Waals surface area contributed by atoms with Crippen LogP contribution in [0, 0.1) is 0 Å². The van der Waals surface area contributed by atoms with E-state index in [-0.39, 0.29) is 0 Å². The summed E-state index contributed by atoms with van der Waals surface area (Å²) in [6.07, 6.45) is 10.0. The van der Waals surface area contributed by atoms with Gasteiger partial charge < -0.3 is 5.32 Å². The molecule has 0 heterocycles. The predicted molar refractivity (Wildman–Crippen MR) is 46.8 cm³/mol. The van der Waals surface area contributed by atoms with Crippen molar-refractivity contribution in [2.75, 3.05) is 7.05 Å². The van der Waals surface area contributed by atoms with E-state index < -0.39 is 0 Å². The molecule has 0 fully saturated rings. The van der Waals surface area contributed by atoms with Gasteiger partial charge in [-0.25, -0.2) is 0 Å². The largest absolute Gasteiger partial charge is 0.392 e. The minimum atomic E-state index is 1.17. The molecular formula is C9H15N. The fraction of sp³-hybridized carbons (Fsp3) is 0.333. The van der Waals surface area contributed by atoms with Crippen molar-refractivity contribution in [1.82, 2.24) is 5.32 Å². The van der Waals surface area contributed by atoms with Gasteiger partial charge in [0, 0.05) is 12.7 Å². The van der Waals surface area contributed by atoms with Gasteiger partial charge in [0.2, 0.25) is 0 Å². The summed E-state index contributed by atoms with van der Waals surface area (Å²) in [7, 11) is 1.91. The van der Waals surface area contributed by atoms with Gasteiger partial charge in [-0.3, -0.25) is 0 Å². The first-order valence-corrected chi connectivity index (χ1v) is 3.45. The van der Waals surface area contributed by atoms with E-state index >= 15 is 0 Å². The quantitative estimate of drug-likeness (QED) is 0.588. The summed E-state index contributed by atoms with van der Waals surface area (Å²) in [5.41, 5.74) is 1.17. The molecule has 0 aliphatic rings. The zero-order chi connectivity index (χ0) is 7.82. The van der Waals surface area contributed by atoms with E-state index in [2.05, 4.69) is 5.32 Å². The Morgan fingerprint density at radius 2 is 1.90 bits per heavy atom. The van der Waals surface area contributed by atoms with Crippen LogP contribution in [0.15, 0.2) is 36.1 Å². The van der Waals surface area contributed by atoms with Gasteiger partial charge in [-0.15, -0.1) is 0 Å². The zero-order valence-electron chi connectivity index (χ0n) is 6.89.